The minimum absolute atomic E-state index is 0.0178. The molecule has 0 atom stereocenters. The molecular weight excluding hydrogens is 384 g/mol. The van der Waals surface area contributed by atoms with Crippen molar-refractivity contribution in [3.05, 3.63) is 60.7 Å². The van der Waals surface area contributed by atoms with Gasteiger partial charge in [-0.15, -0.1) is 0 Å². The lowest BCUT2D eigenvalue weighted by Gasteiger charge is -2.32. The maximum Gasteiger partial charge on any atom is 0.321 e. The molecule has 1 saturated heterocycles. The number of para-hydroxylation sites is 2. The van der Waals surface area contributed by atoms with Crippen molar-refractivity contribution in [1.29, 1.82) is 0 Å². The lowest BCUT2D eigenvalue weighted by Crippen LogP contribution is -2.49. The number of urea groups is 1. The number of rotatable bonds is 7. The van der Waals surface area contributed by atoms with E-state index < -0.39 is 0 Å². The second kappa shape index (κ2) is 10.8. The summed E-state index contributed by atoms with van der Waals surface area (Å²) in [6.07, 6.45) is 1.33. The van der Waals surface area contributed by atoms with Crippen LogP contribution in [0, 0.1) is 0 Å². The third-order valence-electron chi connectivity index (χ3n) is 4.73. The molecule has 2 aromatic rings. The van der Waals surface area contributed by atoms with Crippen molar-refractivity contribution in [2.24, 2.45) is 0 Å². The number of carbonyl (C=O) groups excluding carboxylic acids is 3. The number of nitrogens with one attached hydrogen (secondary N) is 3. The van der Waals surface area contributed by atoms with Gasteiger partial charge in [-0.1, -0.05) is 36.4 Å². The lowest BCUT2D eigenvalue weighted by molar-refractivity contribution is -0.127. The molecule has 8 heteroatoms. The topological polar surface area (TPSA) is 99.8 Å². The van der Waals surface area contributed by atoms with Gasteiger partial charge >= 0.3 is 6.03 Å². The Hall–Kier alpha value is -3.55. The van der Waals surface area contributed by atoms with E-state index in [1.165, 1.54) is 0 Å². The summed E-state index contributed by atoms with van der Waals surface area (Å²) in [5.41, 5.74) is 0.755. The van der Waals surface area contributed by atoms with Crippen molar-refractivity contribution < 1.29 is 19.1 Å². The fourth-order valence-corrected chi connectivity index (χ4v) is 3.13. The van der Waals surface area contributed by atoms with E-state index in [-0.39, 0.29) is 37.0 Å². The summed E-state index contributed by atoms with van der Waals surface area (Å²) in [6, 6.07) is 18.1. The highest BCUT2D eigenvalue weighted by molar-refractivity contribution is 5.89. The summed E-state index contributed by atoms with van der Waals surface area (Å²) < 4.78 is 5.34. The maximum atomic E-state index is 12.3. The quantitative estimate of drug-likeness (QED) is 0.650. The van der Waals surface area contributed by atoms with Gasteiger partial charge in [0.05, 0.1) is 6.54 Å². The summed E-state index contributed by atoms with van der Waals surface area (Å²) >= 11 is 0. The highest BCUT2D eigenvalue weighted by Gasteiger charge is 2.24. The Morgan fingerprint density at radius 2 is 1.53 bits per heavy atom. The monoisotopic (exact) mass is 410 g/mol. The van der Waals surface area contributed by atoms with Crippen LogP contribution in [-0.4, -0.2) is 55.0 Å². The summed E-state index contributed by atoms with van der Waals surface area (Å²) in [5, 5.41) is 8.31. The number of benzene rings is 2. The molecule has 1 aliphatic heterocycles. The molecule has 1 heterocycles. The molecule has 0 saturated carbocycles. The molecule has 0 unspecified atom stereocenters. The molecule has 1 aliphatic rings. The van der Waals surface area contributed by atoms with E-state index in [9.17, 15) is 14.4 Å². The predicted octanol–water partition coefficient (Wildman–Crippen LogP) is 1.99. The number of piperidine rings is 1. The van der Waals surface area contributed by atoms with Gasteiger partial charge in [-0.25, -0.2) is 4.79 Å². The lowest BCUT2D eigenvalue weighted by atomic mass is 10.1. The average molecular weight is 410 g/mol. The summed E-state index contributed by atoms with van der Waals surface area (Å²) in [4.78, 5) is 37.9. The van der Waals surface area contributed by atoms with Gasteiger partial charge in [0.2, 0.25) is 5.91 Å². The number of hydrogen-bond donors (Lipinski definition) is 3. The minimum atomic E-state index is -0.360. The molecule has 0 aromatic heterocycles. The van der Waals surface area contributed by atoms with Crippen molar-refractivity contribution in [2.45, 2.75) is 18.9 Å². The number of amides is 4. The Bertz CT molecular complexity index is 837. The van der Waals surface area contributed by atoms with Gasteiger partial charge in [0, 0.05) is 24.8 Å². The molecule has 3 rings (SSSR count). The molecule has 0 radical (unpaired) electrons. The van der Waals surface area contributed by atoms with E-state index in [0.29, 0.717) is 31.7 Å². The largest absolute Gasteiger partial charge is 0.484 e. The molecule has 4 amide bonds. The number of likely N-dealkylation sites (tertiary alicyclic amines) is 1. The number of hydrogen-bond acceptors (Lipinski definition) is 4. The van der Waals surface area contributed by atoms with Gasteiger partial charge in [-0.2, -0.15) is 0 Å². The van der Waals surface area contributed by atoms with E-state index in [4.69, 9.17) is 4.74 Å². The highest BCUT2D eigenvalue weighted by Crippen LogP contribution is 2.13. The fraction of sp³-hybridized carbons (Fsp3) is 0.318. The second-order valence-electron chi connectivity index (χ2n) is 7.00. The van der Waals surface area contributed by atoms with Crippen molar-refractivity contribution in [3.8, 4) is 5.75 Å². The standard InChI is InChI=1S/C22H26N4O4/c27-20(15-23-21(28)16-30-19-9-5-2-6-10-19)24-18-11-13-26(14-12-18)22(29)25-17-7-3-1-4-8-17/h1-10,18H,11-16H2,(H,23,28)(H,24,27)(H,25,29). The van der Waals surface area contributed by atoms with Crippen LogP contribution < -0.4 is 20.7 Å². The van der Waals surface area contributed by atoms with Crippen molar-refractivity contribution in [1.82, 2.24) is 15.5 Å². The summed E-state index contributed by atoms with van der Waals surface area (Å²) in [5.74, 6) is -0.0168. The zero-order valence-corrected chi connectivity index (χ0v) is 16.7. The third-order valence-corrected chi connectivity index (χ3v) is 4.73. The number of nitrogens with zero attached hydrogens (tertiary/aromatic N) is 1. The smallest absolute Gasteiger partial charge is 0.321 e. The van der Waals surface area contributed by atoms with Gasteiger partial charge in [0.15, 0.2) is 6.61 Å². The molecule has 0 aliphatic carbocycles. The molecule has 1 fully saturated rings. The second-order valence-corrected chi connectivity index (χ2v) is 7.00. The van der Waals surface area contributed by atoms with Crippen molar-refractivity contribution >= 4 is 23.5 Å². The number of carbonyl (C=O) groups is 3. The minimum Gasteiger partial charge on any atom is -0.484 e. The zero-order chi connectivity index (χ0) is 21.2. The van der Waals surface area contributed by atoms with E-state index >= 15 is 0 Å². The molecule has 3 N–H and O–H groups in total. The van der Waals surface area contributed by atoms with Gasteiger partial charge in [0.25, 0.3) is 5.91 Å². The Morgan fingerprint density at radius 3 is 2.20 bits per heavy atom. The first-order valence-electron chi connectivity index (χ1n) is 9.95. The van der Waals surface area contributed by atoms with Crippen molar-refractivity contribution in [2.75, 3.05) is 31.6 Å². The van der Waals surface area contributed by atoms with Crippen LogP contribution in [0.4, 0.5) is 10.5 Å². The Morgan fingerprint density at radius 1 is 0.900 bits per heavy atom. The Balaban J connectivity index is 1.31. The summed E-state index contributed by atoms with van der Waals surface area (Å²) in [7, 11) is 0. The molecular formula is C22H26N4O4. The molecule has 8 nitrogen and oxygen atoms in total. The van der Waals surface area contributed by atoms with Crippen LogP contribution in [-0.2, 0) is 9.59 Å². The molecule has 0 spiro atoms. The van der Waals surface area contributed by atoms with Crippen LogP contribution in [0.2, 0.25) is 0 Å². The van der Waals surface area contributed by atoms with Gasteiger partial charge < -0.3 is 25.6 Å². The van der Waals surface area contributed by atoms with Crippen LogP contribution in [0.25, 0.3) is 0 Å². The average Bonchev–Trinajstić information content (AvgIpc) is 2.78. The van der Waals surface area contributed by atoms with Gasteiger partial charge in [-0.3, -0.25) is 9.59 Å². The van der Waals surface area contributed by atoms with Crippen LogP contribution in [0.3, 0.4) is 0 Å². The highest BCUT2D eigenvalue weighted by atomic mass is 16.5. The van der Waals surface area contributed by atoms with E-state index in [1.807, 2.05) is 48.5 Å². The van der Waals surface area contributed by atoms with Crippen LogP contribution in [0.5, 0.6) is 5.75 Å². The SMILES string of the molecule is O=C(COc1ccccc1)NCC(=O)NC1CCN(C(=O)Nc2ccccc2)CC1. The van der Waals surface area contributed by atoms with Gasteiger partial charge in [0.1, 0.15) is 5.75 Å². The zero-order valence-electron chi connectivity index (χ0n) is 16.7. The molecule has 30 heavy (non-hydrogen) atoms. The predicted molar refractivity (Wildman–Crippen MR) is 113 cm³/mol. The molecule has 2 aromatic carbocycles. The van der Waals surface area contributed by atoms with E-state index in [0.717, 1.165) is 5.69 Å². The van der Waals surface area contributed by atoms with Crippen molar-refractivity contribution in [3.63, 3.8) is 0 Å². The first kappa shape index (κ1) is 21.2. The molecule has 0 bridgehead atoms. The first-order valence-corrected chi connectivity index (χ1v) is 9.95. The molecule has 158 valence electrons. The first-order chi connectivity index (χ1) is 14.6. The Kier molecular flexibility index (Phi) is 7.65. The Labute approximate surface area is 175 Å². The number of ether oxygens (including phenoxy) is 1. The maximum absolute atomic E-state index is 12.3. The van der Waals surface area contributed by atoms with Crippen LogP contribution >= 0.6 is 0 Å². The van der Waals surface area contributed by atoms with E-state index in [2.05, 4.69) is 16.0 Å². The normalized spacial score (nSPS) is 13.9. The van der Waals surface area contributed by atoms with Crippen LogP contribution in [0.1, 0.15) is 12.8 Å². The fourth-order valence-electron chi connectivity index (χ4n) is 3.13. The van der Waals surface area contributed by atoms with Crippen LogP contribution in [0.15, 0.2) is 60.7 Å². The number of anilines is 1. The third kappa shape index (κ3) is 6.80. The van der Waals surface area contributed by atoms with Gasteiger partial charge in [-0.05, 0) is 37.1 Å². The summed E-state index contributed by atoms with van der Waals surface area (Å²) in [6.45, 7) is 0.861. The van der Waals surface area contributed by atoms with E-state index in [1.54, 1.807) is 17.0 Å².